The molecule has 0 bridgehead atoms. The lowest BCUT2D eigenvalue weighted by molar-refractivity contribution is -0.179. The van der Waals surface area contributed by atoms with E-state index in [1.165, 1.54) is 0 Å². The number of carbonyl (C=O) groups excluding carboxylic acids is 3. The minimum absolute atomic E-state index is 0.0112. The van der Waals surface area contributed by atoms with E-state index >= 15 is 0 Å². The smallest absolute Gasteiger partial charge is 0.432 e. The molecule has 0 aromatic heterocycles. The molecule has 0 aliphatic heterocycles. The second-order valence-electron chi connectivity index (χ2n) is 10.7. The highest BCUT2D eigenvalue weighted by Gasteiger charge is 2.68. The quantitative estimate of drug-likeness (QED) is 0.639. The van der Waals surface area contributed by atoms with Gasteiger partial charge in [-0.05, 0) is 69.9 Å². The predicted molar refractivity (Wildman–Crippen MR) is 116 cm³/mol. The number of carbonyl (C=O) groups is 3. The lowest BCUT2D eigenvalue weighted by Gasteiger charge is -2.59. The summed E-state index contributed by atoms with van der Waals surface area (Å²) in [5.74, 6) is -0.448. The van der Waals surface area contributed by atoms with Gasteiger partial charge in [-0.1, -0.05) is 25.5 Å². The van der Waals surface area contributed by atoms with Gasteiger partial charge in [-0.2, -0.15) is 0 Å². The van der Waals surface area contributed by atoms with E-state index < -0.39 is 41.1 Å². The third-order valence-corrected chi connectivity index (χ3v) is 8.76. The van der Waals surface area contributed by atoms with Crippen molar-refractivity contribution in [1.29, 1.82) is 0 Å². The first-order chi connectivity index (χ1) is 14.9. The second-order valence-corrected chi connectivity index (χ2v) is 10.7. The third-order valence-electron chi connectivity index (χ3n) is 8.76. The Morgan fingerprint density at radius 1 is 1.25 bits per heavy atom. The van der Waals surface area contributed by atoms with Crippen molar-refractivity contribution in [3.05, 3.63) is 23.8 Å². The van der Waals surface area contributed by atoms with Gasteiger partial charge in [0.15, 0.2) is 12.4 Å². The van der Waals surface area contributed by atoms with Crippen molar-refractivity contribution >= 4 is 17.7 Å². The Balaban J connectivity index is 1.57. The van der Waals surface area contributed by atoms with Crippen LogP contribution in [-0.2, 0) is 19.1 Å². The molecule has 0 radical (unpaired) electrons. The molecule has 32 heavy (non-hydrogen) atoms. The number of hydrogen-bond donors (Lipinski definition) is 2. The molecule has 4 aliphatic rings. The summed E-state index contributed by atoms with van der Waals surface area (Å²) in [5, 5.41) is 22.9. The monoisotopic (exact) mass is 446 g/mol. The van der Waals surface area contributed by atoms with Crippen molar-refractivity contribution in [1.82, 2.24) is 0 Å². The van der Waals surface area contributed by atoms with Crippen molar-refractivity contribution in [2.75, 3.05) is 6.61 Å². The van der Waals surface area contributed by atoms with Gasteiger partial charge in [0, 0.05) is 16.7 Å². The zero-order chi connectivity index (χ0) is 23.5. The number of aliphatic hydroxyl groups excluding tert-OH is 1. The van der Waals surface area contributed by atoms with Gasteiger partial charge in [0.25, 0.3) is 0 Å². The topological polar surface area (TPSA) is 110 Å². The number of aliphatic hydroxyl groups is 2. The molecular weight excluding hydrogens is 412 g/mol. The fourth-order valence-corrected chi connectivity index (χ4v) is 7.26. The summed E-state index contributed by atoms with van der Waals surface area (Å²) in [6.45, 7) is 6.79. The van der Waals surface area contributed by atoms with Crippen molar-refractivity contribution in [2.45, 2.75) is 77.6 Å². The molecule has 3 saturated carbocycles. The van der Waals surface area contributed by atoms with Crippen LogP contribution < -0.4 is 0 Å². The number of rotatable bonds is 4. The molecule has 0 aromatic carbocycles. The molecule has 0 spiro atoms. The average molecular weight is 447 g/mol. The molecule has 0 aromatic rings. The number of allylic oxidation sites excluding steroid dienone is 4. The van der Waals surface area contributed by atoms with Gasteiger partial charge in [-0.25, -0.2) is 4.79 Å². The van der Waals surface area contributed by atoms with E-state index in [0.29, 0.717) is 6.42 Å². The SMILES string of the molecule is CC(C)OC(=O)OCC(=O)[C@@]1(O)CC[C@H]2[C@@H]3CCC4=CC(=O)C=C[C@]4(C)[C@H]3C(O)C[C@@]21C. The fourth-order valence-electron chi connectivity index (χ4n) is 7.26. The van der Waals surface area contributed by atoms with Crippen LogP contribution in [0.1, 0.15) is 59.8 Å². The van der Waals surface area contributed by atoms with Crippen LogP contribution in [0.2, 0.25) is 0 Å². The molecule has 0 heterocycles. The summed E-state index contributed by atoms with van der Waals surface area (Å²) in [6, 6.07) is 0. The zero-order valence-electron chi connectivity index (χ0n) is 19.3. The molecule has 4 aliphatic carbocycles. The van der Waals surface area contributed by atoms with Gasteiger partial charge in [0.1, 0.15) is 5.60 Å². The second kappa shape index (κ2) is 7.80. The fraction of sp³-hybridized carbons (Fsp3) is 0.720. The molecule has 0 amide bonds. The van der Waals surface area contributed by atoms with Crippen molar-refractivity contribution in [2.24, 2.45) is 28.6 Å². The molecule has 7 nitrogen and oxygen atoms in total. The third kappa shape index (κ3) is 3.36. The van der Waals surface area contributed by atoms with Crippen LogP contribution in [0.25, 0.3) is 0 Å². The highest BCUT2D eigenvalue weighted by molar-refractivity contribution is 6.01. The Kier molecular flexibility index (Phi) is 5.65. The molecule has 7 atom stereocenters. The molecule has 0 saturated heterocycles. The van der Waals surface area contributed by atoms with Crippen LogP contribution in [0.4, 0.5) is 4.79 Å². The largest absolute Gasteiger partial charge is 0.508 e. The minimum atomic E-state index is -1.67. The van der Waals surface area contributed by atoms with E-state index in [1.807, 2.05) is 13.0 Å². The van der Waals surface area contributed by atoms with Crippen molar-refractivity contribution in [3.63, 3.8) is 0 Å². The van der Waals surface area contributed by atoms with Crippen LogP contribution >= 0.6 is 0 Å². The molecule has 7 heteroatoms. The van der Waals surface area contributed by atoms with Crippen LogP contribution in [-0.4, -0.2) is 52.4 Å². The maximum Gasteiger partial charge on any atom is 0.508 e. The zero-order valence-corrected chi connectivity index (χ0v) is 19.3. The highest BCUT2D eigenvalue weighted by atomic mass is 16.7. The standard InChI is InChI=1S/C25H34O7/c1-14(2)32-22(29)31-13-20(28)25(30)10-8-18-17-6-5-15-11-16(26)7-9-23(15,3)21(17)19(27)12-24(18,25)4/h7,9,11,14,17-19,21,27,30H,5-6,8,10,12-13H2,1-4H3/t17-,18-,19?,21+,23-,24-,25-/m0/s1. The first-order valence-corrected chi connectivity index (χ1v) is 11.6. The number of Topliss-reactive ketones (excluding diaryl/α,β-unsaturated/α-hetero) is 1. The molecule has 1 unspecified atom stereocenters. The number of ketones is 2. The highest BCUT2D eigenvalue weighted by Crippen LogP contribution is 2.67. The Morgan fingerprint density at radius 3 is 2.66 bits per heavy atom. The summed E-state index contributed by atoms with van der Waals surface area (Å²) in [7, 11) is 0. The molecule has 3 fully saturated rings. The summed E-state index contributed by atoms with van der Waals surface area (Å²) in [5.41, 5.74) is -1.82. The Morgan fingerprint density at radius 2 is 1.97 bits per heavy atom. The first kappa shape index (κ1) is 23.2. The van der Waals surface area contributed by atoms with Gasteiger partial charge in [-0.3, -0.25) is 9.59 Å². The number of hydrogen-bond acceptors (Lipinski definition) is 7. The Hall–Kier alpha value is -1.99. The van der Waals surface area contributed by atoms with Crippen LogP contribution in [0.3, 0.4) is 0 Å². The average Bonchev–Trinajstić information content (AvgIpc) is 2.97. The minimum Gasteiger partial charge on any atom is -0.432 e. The maximum atomic E-state index is 13.1. The Labute approximate surface area is 188 Å². The van der Waals surface area contributed by atoms with E-state index in [9.17, 15) is 24.6 Å². The summed E-state index contributed by atoms with van der Waals surface area (Å²) < 4.78 is 9.88. The molecule has 4 rings (SSSR count). The summed E-state index contributed by atoms with van der Waals surface area (Å²) in [6.07, 6.45) is 6.02. The lowest BCUT2D eigenvalue weighted by Crippen LogP contribution is -2.61. The molecular formula is C25H34O7. The van der Waals surface area contributed by atoms with Gasteiger partial charge in [0.05, 0.1) is 12.2 Å². The predicted octanol–water partition coefficient (Wildman–Crippen LogP) is 3.13. The Bertz CT molecular complexity index is 889. The van der Waals surface area contributed by atoms with E-state index in [4.69, 9.17) is 9.47 Å². The maximum absolute atomic E-state index is 13.1. The van der Waals surface area contributed by atoms with E-state index in [0.717, 1.165) is 18.4 Å². The van der Waals surface area contributed by atoms with Crippen molar-refractivity contribution in [3.8, 4) is 0 Å². The van der Waals surface area contributed by atoms with Gasteiger partial charge >= 0.3 is 6.16 Å². The van der Waals surface area contributed by atoms with E-state index in [-0.39, 0.29) is 42.5 Å². The van der Waals surface area contributed by atoms with E-state index in [1.54, 1.807) is 26.0 Å². The summed E-state index contributed by atoms with van der Waals surface area (Å²) in [4.78, 5) is 36.7. The summed E-state index contributed by atoms with van der Waals surface area (Å²) >= 11 is 0. The van der Waals surface area contributed by atoms with Crippen LogP contribution in [0, 0.1) is 28.6 Å². The van der Waals surface area contributed by atoms with Gasteiger partial charge < -0.3 is 19.7 Å². The van der Waals surface area contributed by atoms with Gasteiger partial charge in [-0.15, -0.1) is 0 Å². The van der Waals surface area contributed by atoms with Crippen LogP contribution in [0.5, 0.6) is 0 Å². The molecule has 2 N–H and O–H groups in total. The number of fused-ring (bicyclic) bond motifs is 5. The molecule has 176 valence electrons. The van der Waals surface area contributed by atoms with E-state index in [2.05, 4.69) is 6.92 Å². The normalized spacial score (nSPS) is 42.6. The van der Waals surface area contributed by atoms with Gasteiger partial charge in [0.2, 0.25) is 5.78 Å². The number of ether oxygens (including phenoxy) is 2. The lowest BCUT2D eigenvalue weighted by atomic mass is 9.46. The van der Waals surface area contributed by atoms with Crippen LogP contribution in [0.15, 0.2) is 23.8 Å². The van der Waals surface area contributed by atoms with Crippen molar-refractivity contribution < 1.29 is 34.1 Å². The first-order valence-electron chi connectivity index (χ1n) is 11.6.